The fourth-order valence-corrected chi connectivity index (χ4v) is 3.88. The average Bonchev–Trinajstić information content (AvgIpc) is 2.85. The molecule has 0 bridgehead atoms. The van der Waals surface area contributed by atoms with E-state index < -0.39 is 0 Å². The Balaban J connectivity index is 2.56. The first-order valence-electron chi connectivity index (χ1n) is 8.68. The second-order valence-corrected chi connectivity index (χ2v) is 7.83. The largest absolute Gasteiger partial charge is 0.249 e. The maximum Gasteiger partial charge on any atom is 0.0930 e. The Bertz CT molecular complexity index is 397. The number of nitrogens with zero attached hydrogens (tertiary/aromatic N) is 1. The van der Waals surface area contributed by atoms with Crippen molar-refractivity contribution < 1.29 is 0 Å². The molecule has 1 rings (SSSR count). The SMILES string of the molecule is C=C(Cc1cnc(CC(C)C)s1)C(CCCC)CCCC. The standard InChI is InChI=1S/C19H33NS/c1-6-8-10-17(11-9-7-2)16(5)13-18-14-20-19(21-18)12-15(3)4/h14-15,17H,5-13H2,1-4H3. The van der Waals surface area contributed by atoms with Crippen LogP contribution in [0.25, 0.3) is 0 Å². The number of hydrogen-bond donors (Lipinski definition) is 0. The number of unbranched alkanes of at least 4 members (excludes halogenated alkanes) is 2. The highest BCUT2D eigenvalue weighted by atomic mass is 32.1. The van der Waals surface area contributed by atoms with Crippen molar-refractivity contribution in [3.8, 4) is 0 Å². The number of allylic oxidation sites excluding steroid dienone is 1. The van der Waals surface area contributed by atoms with Gasteiger partial charge in [-0.25, -0.2) is 4.98 Å². The molecule has 21 heavy (non-hydrogen) atoms. The first-order valence-corrected chi connectivity index (χ1v) is 9.49. The molecule has 0 amide bonds. The van der Waals surface area contributed by atoms with E-state index in [2.05, 4.69) is 45.5 Å². The van der Waals surface area contributed by atoms with Gasteiger partial charge in [-0.15, -0.1) is 11.3 Å². The summed E-state index contributed by atoms with van der Waals surface area (Å²) >= 11 is 1.88. The van der Waals surface area contributed by atoms with Gasteiger partial charge in [0.2, 0.25) is 0 Å². The molecule has 1 aromatic heterocycles. The Labute approximate surface area is 135 Å². The number of aromatic nitrogens is 1. The zero-order valence-electron chi connectivity index (χ0n) is 14.5. The van der Waals surface area contributed by atoms with Crippen LogP contribution < -0.4 is 0 Å². The summed E-state index contributed by atoms with van der Waals surface area (Å²) in [4.78, 5) is 5.97. The molecule has 0 spiro atoms. The van der Waals surface area contributed by atoms with Gasteiger partial charge in [0.15, 0.2) is 0 Å². The van der Waals surface area contributed by atoms with E-state index in [0.29, 0.717) is 11.8 Å². The van der Waals surface area contributed by atoms with E-state index in [1.165, 1.54) is 54.0 Å². The van der Waals surface area contributed by atoms with Crippen LogP contribution in [0.2, 0.25) is 0 Å². The van der Waals surface area contributed by atoms with Crippen LogP contribution in [0.4, 0.5) is 0 Å². The molecule has 0 unspecified atom stereocenters. The molecule has 0 aromatic carbocycles. The third-order valence-electron chi connectivity index (χ3n) is 3.98. The van der Waals surface area contributed by atoms with E-state index in [4.69, 9.17) is 0 Å². The summed E-state index contributed by atoms with van der Waals surface area (Å²) in [6, 6.07) is 0. The first-order chi connectivity index (χ1) is 10.1. The molecule has 0 aliphatic heterocycles. The third kappa shape index (κ3) is 7.26. The lowest BCUT2D eigenvalue weighted by molar-refractivity contribution is 0.470. The van der Waals surface area contributed by atoms with Gasteiger partial charge >= 0.3 is 0 Å². The Morgan fingerprint density at radius 1 is 1.19 bits per heavy atom. The van der Waals surface area contributed by atoms with Crippen LogP contribution in [0.1, 0.15) is 76.1 Å². The van der Waals surface area contributed by atoms with Crippen molar-refractivity contribution in [1.82, 2.24) is 4.98 Å². The molecule has 1 aromatic rings. The van der Waals surface area contributed by atoms with Crippen LogP contribution in [-0.2, 0) is 12.8 Å². The van der Waals surface area contributed by atoms with E-state index >= 15 is 0 Å². The average molecular weight is 308 g/mol. The normalized spacial score (nSPS) is 11.5. The van der Waals surface area contributed by atoms with Gasteiger partial charge in [-0.05, 0) is 24.7 Å². The fourth-order valence-electron chi connectivity index (χ4n) is 2.70. The van der Waals surface area contributed by atoms with Crippen molar-refractivity contribution in [2.45, 2.75) is 79.1 Å². The number of rotatable bonds is 11. The molecule has 0 radical (unpaired) electrons. The Kier molecular flexibility index (Phi) is 8.91. The lowest BCUT2D eigenvalue weighted by atomic mass is 9.88. The van der Waals surface area contributed by atoms with Crippen LogP contribution in [0.3, 0.4) is 0 Å². The molecular formula is C19H33NS. The third-order valence-corrected chi connectivity index (χ3v) is 4.99. The van der Waals surface area contributed by atoms with Gasteiger partial charge in [0.1, 0.15) is 0 Å². The minimum Gasteiger partial charge on any atom is -0.249 e. The van der Waals surface area contributed by atoms with Crippen LogP contribution in [0.5, 0.6) is 0 Å². The summed E-state index contributed by atoms with van der Waals surface area (Å²) in [7, 11) is 0. The van der Waals surface area contributed by atoms with Crippen LogP contribution >= 0.6 is 11.3 Å². The Morgan fingerprint density at radius 2 is 1.81 bits per heavy atom. The molecular weight excluding hydrogens is 274 g/mol. The highest BCUT2D eigenvalue weighted by molar-refractivity contribution is 7.11. The summed E-state index contributed by atoms with van der Waals surface area (Å²) in [5.74, 6) is 1.40. The topological polar surface area (TPSA) is 12.9 Å². The Morgan fingerprint density at radius 3 is 2.33 bits per heavy atom. The maximum atomic E-state index is 4.57. The minimum atomic E-state index is 0.689. The molecule has 1 heterocycles. The quantitative estimate of drug-likeness (QED) is 0.429. The van der Waals surface area contributed by atoms with Crippen molar-refractivity contribution in [3.05, 3.63) is 28.2 Å². The lowest BCUT2D eigenvalue weighted by Crippen LogP contribution is -2.06. The predicted molar refractivity (Wildman–Crippen MR) is 96.0 cm³/mol. The van der Waals surface area contributed by atoms with E-state index in [1.54, 1.807) is 0 Å². The molecule has 1 nitrogen and oxygen atoms in total. The van der Waals surface area contributed by atoms with Crippen LogP contribution in [0.15, 0.2) is 18.3 Å². The second-order valence-electron chi connectivity index (χ2n) is 6.63. The van der Waals surface area contributed by atoms with Gasteiger partial charge in [-0.3, -0.25) is 0 Å². The highest BCUT2D eigenvalue weighted by Gasteiger charge is 2.14. The minimum absolute atomic E-state index is 0.689. The van der Waals surface area contributed by atoms with Crippen molar-refractivity contribution in [3.63, 3.8) is 0 Å². The summed E-state index contributed by atoms with van der Waals surface area (Å²) < 4.78 is 0. The van der Waals surface area contributed by atoms with Gasteiger partial charge < -0.3 is 0 Å². The molecule has 0 N–H and O–H groups in total. The zero-order chi connectivity index (χ0) is 15.7. The van der Waals surface area contributed by atoms with Crippen molar-refractivity contribution in [2.75, 3.05) is 0 Å². The summed E-state index contributed by atoms with van der Waals surface area (Å²) in [5, 5.41) is 1.28. The van der Waals surface area contributed by atoms with Gasteiger partial charge in [-0.2, -0.15) is 0 Å². The van der Waals surface area contributed by atoms with Crippen LogP contribution in [0, 0.1) is 11.8 Å². The summed E-state index contributed by atoms with van der Waals surface area (Å²) in [6.45, 7) is 13.5. The first kappa shape index (κ1) is 18.4. The van der Waals surface area contributed by atoms with Gasteiger partial charge in [0.05, 0.1) is 5.01 Å². The molecule has 120 valence electrons. The molecule has 0 aliphatic carbocycles. The fraction of sp³-hybridized carbons (Fsp3) is 0.737. The van der Waals surface area contributed by atoms with E-state index in [9.17, 15) is 0 Å². The molecule has 0 saturated heterocycles. The maximum absolute atomic E-state index is 4.57. The monoisotopic (exact) mass is 307 g/mol. The molecule has 0 atom stereocenters. The second kappa shape index (κ2) is 10.2. The van der Waals surface area contributed by atoms with E-state index in [-0.39, 0.29) is 0 Å². The smallest absolute Gasteiger partial charge is 0.0930 e. The van der Waals surface area contributed by atoms with E-state index in [1.807, 2.05) is 11.3 Å². The summed E-state index contributed by atoms with van der Waals surface area (Å²) in [5.41, 5.74) is 1.43. The van der Waals surface area contributed by atoms with Crippen LogP contribution in [-0.4, -0.2) is 4.98 Å². The predicted octanol–water partition coefficient (Wildman–Crippen LogP) is 6.44. The molecule has 0 aliphatic rings. The molecule has 2 heteroatoms. The zero-order valence-corrected chi connectivity index (χ0v) is 15.3. The van der Waals surface area contributed by atoms with Gasteiger partial charge in [-0.1, -0.05) is 65.5 Å². The van der Waals surface area contributed by atoms with Gasteiger partial charge in [0, 0.05) is 23.9 Å². The summed E-state index contributed by atoms with van der Waals surface area (Å²) in [6.07, 6.45) is 12.1. The Hall–Kier alpha value is -0.630. The van der Waals surface area contributed by atoms with Gasteiger partial charge in [0.25, 0.3) is 0 Å². The number of thiazole rings is 1. The van der Waals surface area contributed by atoms with Crippen molar-refractivity contribution in [2.24, 2.45) is 11.8 Å². The van der Waals surface area contributed by atoms with E-state index in [0.717, 1.165) is 12.8 Å². The number of hydrogen-bond acceptors (Lipinski definition) is 2. The lowest BCUT2D eigenvalue weighted by Gasteiger charge is -2.18. The molecule has 0 saturated carbocycles. The highest BCUT2D eigenvalue weighted by Crippen LogP contribution is 2.28. The molecule has 0 fully saturated rings. The van der Waals surface area contributed by atoms with Crippen molar-refractivity contribution >= 4 is 11.3 Å². The van der Waals surface area contributed by atoms with Crippen molar-refractivity contribution in [1.29, 1.82) is 0 Å².